The van der Waals surface area contributed by atoms with Gasteiger partial charge in [0.1, 0.15) is 11.4 Å². The van der Waals surface area contributed by atoms with E-state index in [0.29, 0.717) is 6.54 Å². The van der Waals surface area contributed by atoms with Gasteiger partial charge in [-0.25, -0.2) is 4.98 Å². The van der Waals surface area contributed by atoms with Gasteiger partial charge in [0.25, 0.3) is 0 Å². The normalized spacial score (nSPS) is 11.3. The SMILES string of the molecule is COc1ccc2ccc3nc(C)c(CN)n3c2c1. The van der Waals surface area contributed by atoms with Crippen molar-refractivity contribution in [3.05, 3.63) is 41.7 Å². The summed E-state index contributed by atoms with van der Waals surface area (Å²) in [5, 5.41) is 1.15. The summed E-state index contributed by atoms with van der Waals surface area (Å²) in [6, 6.07) is 10.1. The molecule has 0 aliphatic carbocycles. The molecule has 2 aromatic heterocycles. The van der Waals surface area contributed by atoms with Gasteiger partial charge in [-0.2, -0.15) is 0 Å². The number of rotatable bonds is 2. The molecule has 3 aromatic rings. The third kappa shape index (κ3) is 1.46. The van der Waals surface area contributed by atoms with Crippen molar-refractivity contribution in [1.82, 2.24) is 9.38 Å². The lowest BCUT2D eigenvalue weighted by Gasteiger charge is -2.07. The molecule has 92 valence electrons. The monoisotopic (exact) mass is 241 g/mol. The van der Waals surface area contributed by atoms with Crippen LogP contribution < -0.4 is 10.5 Å². The van der Waals surface area contributed by atoms with E-state index in [1.54, 1.807) is 7.11 Å². The van der Waals surface area contributed by atoms with Crippen LogP contribution >= 0.6 is 0 Å². The molecule has 0 unspecified atom stereocenters. The number of imidazole rings is 1. The zero-order chi connectivity index (χ0) is 12.7. The molecule has 0 atom stereocenters. The Balaban J connectivity index is 2.49. The Bertz CT molecular complexity index is 731. The fourth-order valence-electron chi connectivity index (χ4n) is 2.36. The first-order chi connectivity index (χ1) is 8.74. The smallest absolute Gasteiger partial charge is 0.137 e. The van der Waals surface area contributed by atoms with Crippen molar-refractivity contribution in [3.8, 4) is 5.75 Å². The largest absolute Gasteiger partial charge is 0.497 e. The number of aromatic nitrogens is 2. The third-order valence-corrected chi connectivity index (χ3v) is 3.28. The number of benzene rings is 1. The molecule has 4 heteroatoms. The van der Waals surface area contributed by atoms with Gasteiger partial charge in [-0.05, 0) is 36.6 Å². The zero-order valence-electron chi connectivity index (χ0n) is 10.5. The second-order valence-electron chi connectivity index (χ2n) is 4.30. The van der Waals surface area contributed by atoms with Crippen molar-refractivity contribution in [3.63, 3.8) is 0 Å². The maximum Gasteiger partial charge on any atom is 0.137 e. The van der Waals surface area contributed by atoms with Gasteiger partial charge in [0, 0.05) is 12.6 Å². The van der Waals surface area contributed by atoms with Crippen LogP contribution in [0.5, 0.6) is 5.75 Å². The van der Waals surface area contributed by atoms with E-state index in [4.69, 9.17) is 10.5 Å². The highest BCUT2D eigenvalue weighted by Gasteiger charge is 2.10. The summed E-state index contributed by atoms with van der Waals surface area (Å²) >= 11 is 0. The molecule has 0 saturated heterocycles. The minimum absolute atomic E-state index is 0.476. The van der Waals surface area contributed by atoms with Crippen molar-refractivity contribution < 1.29 is 4.74 Å². The van der Waals surface area contributed by atoms with E-state index in [-0.39, 0.29) is 0 Å². The van der Waals surface area contributed by atoms with Crippen LogP contribution in [0.25, 0.3) is 16.6 Å². The van der Waals surface area contributed by atoms with Gasteiger partial charge in [0.05, 0.1) is 24.0 Å². The van der Waals surface area contributed by atoms with E-state index in [1.165, 1.54) is 0 Å². The quantitative estimate of drug-likeness (QED) is 0.748. The predicted octanol–water partition coefficient (Wildman–Crippen LogP) is 2.26. The Morgan fingerprint density at radius 2 is 2.06 bits per heavy atom. The number of methoxy groups -OCH3 is 1. The second-order valence-corrected chi connectivity index (χ2v) is 4.30. The number of hydrogen-bond donors (Lipinski definition) is 1. The first kappa shape index (κ1) is 11.0. The molecule has 0 saturated carbocycles. The molecule has 1 aromatic carbocycles. The van der Waals surface area contributed by atoms with Crippen LogP contribution in [0, 0.1) is 6.92 Å². The Labute approximate surface area is 105 Å². The first-order valence-electron chi connectivity index (χ1n) is 5.89. The lowest BCUT2D eigenvalue weighted by atomic mass is 10.2. The molecule has 0 spiro atoms. The average Bonchev–Trinajstić information content (AvgIpc) is 2.73. The minimum atomic E-state index is 0.476. The Kier molecular flexibility index (Phi) is 2.45. The number of ether oxygens (including phenoxy) is 1. The van der Waals surface area contributed by atoms with E-state index in [0.717, 1.165) is 33.7 Å². The lowest BCUT2D eigenvalue weighted by Crippen LogP contribution is -2.03. The van der Waals surface area contributed by atoms with Crippen molar-refractivity contribution in [2.24, 2.45) is 5.73 Å². The highest BCUT2D eigenvalue weighted by atomic mass is 16.5. The van der Waals surface area contributed by atoms with Gasteiger partial charge >= 0.3 is 0 Å². The number of nitrogens with two attached hydrogens (primary N) is 1. The molecule has 0 aliphatic rings. The summed E-state index contributed by atoms with van der Waals surface area (Å²) in [6.45, 7) is 2.46. The molecule has 18 heavy (non-hydrogen) atoms. The van der Waals surface area contributed by atoms with Crippen molar-refractivity contribution in [2.45, 2.75) is 13.5 Å². The van der Waals surface area contributed by atoms with Gasteiger partial charge in [-0.1, -0.05) is 0 Å². The molecular formula is C14H15N3O. The van der Waals surface area contributed by atoms with Crippen LogP contribution in [0.15, 0.2) is 30.3 Å². The number of pyridine rings is 1. The van der Waals surface area contributed by atoms with Crippen LogP contribution in [0.3, 0.4) is 0 Å². The number of hydrogen-bond acceptors (Lipinski definition) is 3. The maximum absolute atomic E-state index is 5.83. The first-order valence-corrected chi connectivity index (χ1v) is 5.89. The fraction of sp³-hybridized carbons (Fsp3) is 0.214. The van der Waals surface area contributed by atoms with E-state index in [1.807, 2.05) is 31.2 Å². The molecule has 3 rings (SSSR count). The van der Waals surface area contributed by atoms with Crippen molar-refractivity contribution in [2.75, 3.05) is 7.11 Å². The fourth-order valence-corrected chi connectivity index (χ4v) is 2.36. The highest BCUT2D eigenvalue weighted by molar-refractivity contribution is 5.83. The number of fused-ring (bicyclic) bond motifs is 3. The van der Waals surface area contributed by atoms with Gasteiger partial charge < -0.3 is 10.5 Å². The van der Waals surface area contributed by atoms with Crippen LogP contribution in [0.2, 0.25) is 0 Å². The van der Waals surface area contributed by atoms with Gasteiger partial charge in [0.15, 0.2) is 0 Å². The minimum Gasteiger partial charge on any atom is -0.497 e. The molecule has 2 heterocycles. The topological polar surface area (TPSA) is 52.5 Å². The van der Waals surface area contributed by atoms with Crippen LogP contribution in [-0.4, -0.2) is 16.5 Å². The zero-order valence-corrected chi connectivity index (χ0v) is 10.5. The van der Waals surface area contributed by atoms with Gasteiger partial charge in [-0.15, -0.1) is 0 Å². The molecule has 0 radical (unpaired) electrons. The Morgan fingerprint density at radius 3 is 2.78 bits per heavy atom. The molecule has 4 nitrogen and oxygen atoms in total. The second kappa shape index (κ2) is 3.99. The summed E-state index contributed by atoms with van der Waals surface area (Å²) in [4.78, 5) is 4.53. The number of nitrogens with zero attached hydrogens (tertiary/aromatic N) is 2. The molecular weight excluding hydrogens is 226 g/mol. The summed E-state index contributed by atoms with van der Waals surface area (Å²) in [6.07, 6.45) is 0. The average molecular weight is 241 g/mol. The molecule has 0 bridgehead atoms. The maximum atomic E-state index is 5.83. The summed E-state index contributed by atoms with van der Waals surface area (Å²) in [5.74, 6) is 0.837. The third-order valence-electron chi connectivity index (χ3n) is 3.28. The summed E-state index contributed by atoms with van der Waals surface area (Å²) in [7, 11) is 1.67. The van der Waals surface area contributed by atoms with Crippen LogP contribution in [0.1, 0.15) is 11.4 Å². The van der Waals surface area contributed by atoms with E-state index in [2.05, 4.69) is 15.5 Å². The summed E-state index contributed by atoms with van der Waals surface area (Å²) in [5.41, 5.74) is 9.86. The Hall–Kier alpha value is -2.07. The van der Waals surface area contributed by atoms with E-state index < -0.39 is 0 Å². The van der Waals surface area contributed by atoms with Gasteiger partial charge in [0.2, 0.25) is 0 Å². The standard InChI is InChI=1S/C14H15N3O/c1-9-13(8-15)17-12-7-11(18-2)5-3-10(12)4-6-14(17)16-9/h3-7H,8,15H2,1-2H3. The van der Waals surface area contributed by atoms with Crippen molar-refractivity contribution >= 4 is 16.6 Å². The molecule has 2 N–H and O–H groups in total. The predicted molar refractivity (Wildman–Crippen MR) is 71.9 cm³/mol. The van der Waals surface area contributed by atoms with E-state index in [9.17, 15) is 0 Å². The molecule has 0 aliphatic heterocycles. The molecule has 0 amide bonds. The van der Waals surface area contributed by atoms with Crippen LogP contribution in [-0.2, 0) is 6.54 Å². The van der Waals surface area contributed by atoms with Gasteiger partial charge in [-0.3, -0.25) is 4.40 Å². The molecule has 0 fully saturated rings. The van der Waals surface area contributed by atoms with E-state index >= 15 is 0 Å². The highest BCUT2D eigenvalue weighted by Crippen LogP contribution is 2.24. The number of aryl methyl sites for hydroxylation is 1. The van der Waals surface area contributed by atoms with Crippen LogP contribution in [0.4, 0.5) is 0 Å². The van der Waals surface area contributed by atoms with Crippen molar-refractivity contribution in [1.29, 1.82) is 0 Å². The Morgan fingerprint density at radius 1 is 1.28 bits per heavy atom. The lowest BCUT2D eigenvalue weighted by molar-refractivity contribution is 0.415. The summed E-state index contributed by atoms with van der Waals surface area (Å²) < 4.78 is 7.39.